The highest BCUT2D eigenvalue weighted by molar-refractivity contribution is 7.89. The third-order valence-electron chi connectivity index (χ3n) is 5.01. The molecule has 8 heteroatoms. The van der Waals surface area contributed by atoms with Crippen LogP contribution >= 0.6 is 11.6 Å². The minimum atomic E-state index is -4.07. The van der Waals surface area contributed by atoms with Crippen LogP contribution in [0.15, 0.2) is 71.6 Å². The summed E-state index contributed by atoms with van der Waals surface area (Å²) in [5, 5.41) is 0.392. The Balaban J connectivity index is 2.13. The van der Waals surface area contributed by atoms with E-state index in [1.54, 1.807) is 12.1 Å². The van der Waals surface area contributed by atoms with E-state index in [1.807, 2.05) is 25.1 Å². The molecule has 164 valence electrons. The molecule has 1 unspecified atom stereocenters. The second kappa shape index (κ2) is 9.77. The third kappa shape index (κ3) is 4.89. The highest BCUT2D eigenvalue weighted by atomic mass is 35.5. The zero-order chi connectivity index (χ0) is 22.6. The first-order valence-electron chi connectivity index (χ1n) is 9.62. The molecule has 0 bridgehead atoms. The molecule has 0 radical (unpaired) electrons. The molecule has 0 heterocycles. The Morgan fingerprint density at radius 2 is 1.61 bits per heavy atom. The van der Waals surface area contributed by atoms with Gasteiger partial charge in [0, 0.05) is 17.1 Å². The van der Waals surface area contributed by atoms with Crippen LogP contribution in [0, 0.1) is 11.6 Å². The van der Waals surface area contributed by atoms with Crippen molar-refractivity contribution in [2.45, 2.75) is 30.8 Å². The number of halogens is 3. The monoisotopic (exact) mass is 465 g/mol. The van der Waals surface area contributed by atoms with E-state index in [0.717, 1.165) is 5.56 Å². The Kier molecular flexibility index (Phi) is 7.30. The second-order valence-corrected chi connectivity index (χ2v) is 9.22. The molecule has 0 saturated carbocycles. The lowest BCUT2D eigenvalue weighted by Gasteiger charge is -2.31. The van der Waals surface area contributed by atoms with Gasteiger partial charge in [0.15, 0.2) is 11.6 Å². The summed E-state index contributed by atoms with van der Waals surface area (Å²) in [5.41, 5.74) is 0.655. The van der Waals surface area contributed by atoms with E-state index in [0.29, 0.717) is 11.4 Å². The van der Waals surface area contributed by atoms with Crippen molar-refractivity contribution >= 4 is 21.6 Å². The Hall–Kier alpha value is -2.48. The topological polar surface area (TPSA) is 46.6 Å². The van der Waals surface area contributed by atoms with Crippen LogP contribution in [0.2, 0.25) is 5.02 Å². The van der Waals surface area contributed by atoms with Crippen molar-refractivity contribution in [3.63, 3.8) is 0 Å². The molecule has 3 aromatic carbocycles. The smallest absolute Gasteiger partial charge is 0.243 e. The summed E-state index contributed by atoms with van der Waals surface area (Å²) in [6.07, 6.45) is 0.428. The first-order chi connectivity index (χ1) is 14.8. The zero-order valence-electron chi connectivity index (χ0n) is 17.1. The maximum Gasteiger partial charge on any atom is 0.243 e. The van der Waals surface area contributed by atoms with Crippen LogP contribution in [0.3, 0.4) is 0 Å². The fourth-order valence-corrected chi connectivity index (χ4v) is 5.20. The van der Waals surface area contributed by atoms with Crippen LogP contribution in [0.25, 0.3) is 0 Å². The van der Waals surface area contributed by atoms with E-state index < -0.39 is 27.7 Å². The van der Waals surface area contributed by atoms with Crippen LogP contribution in [-0.2, 0) is 16.6 Å². The predicted octanol–water partition coefficient (Wildman–Crippen LogP) is 5.97. The van der Waals surface area contributed by atoms with Gasteiger partial charge in [-0.05, 0) is 42.3 Å². The molecular formula is C23H22ClF2NO3S. The first kappa shape index (κ1) is 23.2. The maximum absolute atomic E-state index is 14.7. The van der Waals surface area contributed by atoms with Crippen molar-refractivity contribution in [3.8, 4) is 5.75 Å². The van der Waals surface area contributed by atoms with Gasteiger partial charge in [-0.3, -0.25) is 0 Å². The van der Waals surface area contributed by atoms with Gasteiger partial charge < -0.3 is 4.74 Å². The molecular weight excluding hydrogens is 444 g/mol. The minimum absolute atomic E-state index is 0.0145. The van der Waals surface area contributed by atoms with Crippen LogP contribution in [-0.4, -0.2) is 19.8 Å². The summed E-state index contributed by atoms with van der Waals surface area (Å²) >= 11 is 5.91. The van der Waals surface area contributed by atoms with E-state index >= 15 is 0 Å². The number of ether oxygens (including phenoxy) is 1. The third-order valence-corrected chi connectivity index (χ3v) is 7.13. The van der Waals surface area contributed by atoms with Crippen molar-refractivity contribution in [3.05, 3.63) is 94.5 Å². The normalized spacial score (nSPS) is 12.7. The second-order valence-electron chi connectivity index (χ2n) is 6.89. The predicted molar refractivity (Wildman–Crippen MR) is 117 cm³/mol. The van der Waals surface area contributed by atoms with E-state index in [9.17, 15) is 17.2 Å². The average Bonchev–Trinajstić information content (AvgIpc) is 2.77. The average molecular weight is 466 g/mol. The Bertz CT molecular complexity index is 1140. The molecule has 0 spiro atoms. The first-order valence-corrected chi connectivity index (χ1v) is 11.4. The standard InChI is InChI=1S/C23H22ClF2NO3S/c1-3-20(16-7-5-4-6-8-16)27(31(28,29)19-12-10-18(24)11-13-19)15-17-9-14-21(30-2)23(26)22(17)25/h4-14,20H,3,15H2,1-2H3. The molecule has 0 aliphatic rings. The number of methoxy groups -OCH3 is 1. The number of sulfonamides is 1. The van der Waals surface area contributed by atoms with Crippen molar-refractivity contribution < 1.29 is 21.9 Å². The van der Waals surface area contributed by atoms with Gasteiger partial charge in [0.2, 0.25) is 15.8 Å². The summed E-state index contributed by atoms with van der Waals surface area (Å²) in [4.78, 5) is 0.0145. The van der Waals surface area contributed by atoms with Crippen LogP contribution in [0.1, 0.15) is 30.5 Å². The molecule has 0 aliphatic carbocycles. The van der Waals surface area contributed by atoms with Gasteiger partial charge in [-0.1, -0.05) is 54.9 Å². The lowest BCUT2D eigenvalue weighted by atomic mass is 10.0. The molecule has 3 aromatic rings. The molecule has 0 aliphatic heterocycles. The molecule has 0 fully saturated rings. The molecule has 1 atom stereocenters. The SMILES string of the molecule is CCC(c1ccccc1)N(Cc1ccc(OC)c(F)c1F)S(=O)(=O)c1ccc(Cl)cc1. The number of benzene rings is 3. The van der Waals surface area contributed by atoms with Crippen molar-refractivity contribution in [1.29, 1.82) is 0 Å². The van der Waals surface area contributed by atoms with Gasteiger partial charge in [0.1, 0.15) is 0 Å². The van der Waals surface area contributed by atoms with Gasteiger partial charge in [-0.15, -0.1) is 0 Å². The largest absolute Gasteiger partial charge is 0.494 e. The molecule has 4 nitrogen and oxygen atoms in total. The molecule has 3 rings (SSSR count). The van der Waals surface area contributed by atoms with Crippen LogP contribution in [0.5, 0.6) is 5.75 Å². The van der Waals surface area contributed by atoms with Gasteiger partial charge in [0.05, 0.1) is 18.0 Å². The van der Waals surface area contributed by atoms with E-state index in [-0.39, 0.29) is 22.8 Å². The van der Waals surface area contributed by atoms with E-state index in [4.69, 9.17) is 16.3 Å². The fraction of sp³-hybridized carbons (Fsp3) is 0.217. The summed E-state index contributed by atoms with van der Waals surface area (Å²) < 4.78 is 62.2. The lowest BCUT2D eigenvalue weighted by Crippen LogP contribution is -2.34. The van der Waals surface area contributed by atoms with Gasteiger partial charge in [0.25, 0.3) is 0 Å². The van der Waals surface area contributed by atoms with E-state index in [2.05, 4.69) is 0 Å². The quantitative estimate of drug-likeness (QED) is 0.412. The molecule has 0 aromatic heterocycles. The van der Waals surface area contributed by atoms with Gasteiger partial charge in [-0.25, -0.2) is 12.8 Å². The minimum Gasteiger partial charge on any atom is -0.494 e. The van der Waals surface area contributed by atoms with Crippen molar-refractivity contribution in [1.82, 2.24) is 4.31 Å². The fourth-order valence-electron chi connectivity index (χ4n) is 3.40. The Morgan fingerprint density at radius 3 is 2.19 bits per heavy atom. The summed E-state index contributed by atoms with van der Waals surface area (Å²) in [7, 11) is -2.83. The summed E-state index contributed by atoms with van der Waals surface area (Å²) in [5.74, 6) is -2.54. The Morgan fingerprint density at radius 1 is 0.968 bits per heavy atom. The molecule has 0 N–H and O–H groups in total. The zero-order valence-corrected chi connectivity index (χ0v) is 18.6. The number of hydrogen-bond donors (Lipinski definition) is 0. The summed E-state index contributed by atoms with van der Waals surface area (Å²) in [6, 6.07) is 16.8. The summed E-state index contributed by atoms with van der Waals surface area (Å²) in [6.45, 7) is 1.48. The number of hydrogen-bond acceptors (Lipinski definition) is 3. The number of nitrogens with zero attached hydrogens (tertiary/aromatic N) is 1. The highest BCUT2D eigenvalue weighted by Gasteiger charge is 2.33. The van der Waals surface area contributed by atoms with Gasteiger partial charge in [-0.2, -0.15) is 8.70 Å². The lowest BCUT2D eigenvalue weighted by molar-refractivity contribution is 0.302. The van der Waals surface area contributed by atoms with Crippen LogP contribution in [0.4, 0.5) is 8.78 Å². The number of rotatable bonds is 8. The van der Waals surface area contributed by atoms with Crippen molar-refractivity contribution in [2.24, 2.45) is 0 Å². The highest BCUT2D eigenvalue weighted by Crippen LogP contribution is 2.34. The molecule has 0 saturated heterocycles. The van der Waals surface area contributed by atoms with Gasteiger partial charge >= 0.3 is 0 Å². The van der Waals surface area contributed by atoms with E-state index in [1.165, 1.54) is 47.8 Å². The van der Waals surface area contributed by atoms with Crippen molar-refractivity contribution in [2.75, 3.05) is 7.11 Å². The maximum atomic E-state index is 14.7. The van der Waals surface area contributed by atoms with Crippen LogP contribution < -0.4 is 4.74 Å². The Labute approximate surface area is 186 Å². The molecule has 0 amide bonds. The molecule has 31 heavy (non-hydrogen) atoms.